The number of pyridine rings is 2. The SMILES string of the molecule is O=C(O)c1cc(-c2cccnc2)nc2c1cnn2Cc1ccccc1Cl. The summed E-state index contributed by atoms with van der Waals surface area (Å²) >= 11 is 6.24. The lowest BCUT2D eigenvalue weighted by Crippen LogP contribution is -2.05. The molecule has 128 valence electrons. The third kappa shape index (κ3) is 2.91. The molecule has 0 amide bonds. The van der Waals surface area contributed by atoms with E-state index in [2.05, 4.69) is 15.1 Å². The molecule has 0 unspecified atom stereocenters. The van der Waals surface area contributed by atoms with Gasteiger partial charge in [-0.05, 0) is 29.8 Å². The first-order chi connectivity index (χ1) is 12.6. The van der Waals surface area contributed by atoms with Gasteiger partial charge in [-0.2, -0.15) is 5.10 Å². The van der Waals surface area contributed by atoms with Gasteiger partial charge in [0.05, 0.1) is 29.4 Å². The van der Waals surface area contributed by atoms with Crippen LogP contribution in [0.5, 0.6) is 0 Å². The summed E-state index contributed by atoms with van der Waals surface area (Å²) < 4.78 is 1.66. The predicted octanol–water partition coefficient (Wildman–Crippen LogP) is 3.89. The zero-order valence-electron chi connectivity index (χ0n) is 13.5. The summed E-state index contributed by atoms with van der Waals surface area (Å²) in [5.41, 5.74) is 2.79. The van der Waals surface area contributed by atoms with Crippen molar-refractivity contribution in [3.8, 4) is 11.3 Å². The van der Waals surface area contributed by atoms with Crippen molar-refractivity contribution in [1.82, 2.24) is 19.7 Å². The number of halogens is 1. The number of nitrogens with zero attached hydrogens (tertiary/aromatic N) is 4. The molecule has 0 saturated heterocycles. The molecule has 26 heavy (non-hydrogen) atoms. The van der Waals surface area contributed by atoms with Crippen molar-refractivity contribution in [2.75, 3.05) is 0 Å². The highest BCUT2D eigenvalue weighted by molar-refractivity contribution is 6.31. The number of aromatic carboxylic acids is 1. The number of hydrogen-bond acceptors (Lipinski definition) is 4. The topological polar surface area (TPSA) is 80.9 Å². The zero-order chi connectivity index (χ0) is 18.1. The second-order valence-corrected chi connectivity index (χ2v) is 6.14. The van der Waals surface area contributed by atoms with Crippen LogP contribution in [0.2, 0.25) is 5.02 Å². The number of carboxylic acids is 1. The van der Waals surface area contributed by atoms with Gasteiger partial charge in [0.25, 0.3) is 0 Å². The van der Waals surface area contributed by atoms with Gasteiger partial charge < -0.3 is 5.11 Å². The van der Waals surface area contributed by atoms with E-state index >= 15 is 0 Å². The van der Waals surface area contributed by atoms with Gasteiger partial charge in [-0.1, -0.05) is 29.8 Å². The van der Waals surface area contributed by atoms with Crippen LogP contribution >= 0.6 is 11.6 Å². The van der Waals surface area contributed by atoms with Crippen molar-refractivity contribution in [3.63, 3.8) is 0 Å². The van der Waals surface area contributed by atoms with Gasteiger partial charge in [-0.3, -0.25) is 4.98 Å². The van der Waals surface area contributed by atoms with E-state index in [1.807, 2.05) is 24.3 Å². The average Bonchev–Trinajstić information content (AvgIpc) is 3.06. The number of carbonyl (C=O) groups is 1. The van der Waals surface area contributed by atoms with Crippen molar-refractivity contribution in [1.29, 1.82) is 0 Å². The molecule has 0 aliphatic carbocycles. The molecule has 3 aromatic heterocycles. The van der Waals surface area contributed by atoms with E-state index < -0.39 is 5.97 Å². The third-order valence-corrected chi connectivity index (χ3v) is 4.44. The molecule has 0 fully saturated rings. The molecular weight excluding hydrogens is 352 g/mol. The molecule has 7 heteroatoms. The normalized spacial score (nSPS) is 11.0. The first-order valence-corrected chi connectivity index (χ1v) is 8.25. The number of hydrogen-bond donors (Lipinski definition) is 1. The smallest absolute Gasteiger partial charge is 0.336 e. The standard InChI is InChI=1S/C19H13ClN4O2/c20-16-6-2-1-4-13(16)11-24-18-15(10-22-24)14(19(25)26)8-17(23-18)12-5-3-7-21-9-12/h1-10H,11H2,(H,25,26). The Bertz CT molecular complexity index is 1110. The van der Waals surface area contributed by atoms with E-state index in [1.54, 1.807) is 35.3 Å². The van der Waals surface area contributed by atoms with Crippen LogP contribution in [0.15, 0.2) is 61.1 Å². The Hall–Kier alpha value is -3.25. The quantitative estimate of drug-likeness (QED) is 0.594. The van der Waals surface area contributed by atoms with Gasteiger partial charge >= 0.3 is 5.97 Å². The number of fused-ring (bicyclic) bond motifs is 1. The summed E-state index contributed by atoms with van der Waals surface area (Å²) in [5.74, 6) is -1.03. The average molecular weight is 365 g/mol. The zero-order valence-corrected chi connectivity index (χ0v) is 14.3. The number of carboxylic acid groups (broad SMARTS) is 1. The summed E-state index contributed by atoms with van der Waals surface area (Å²) in [6, 6.07) is 12.6. The molecule has 0 saturated carbocycles. The van der Waals surface area contributed by atoms with Crippen molar-refractivity contribution >= 4 is 28.6 Å². The lowest BCUT2D eigenvalue weighted by atomic mass is 10.1. The Morgan fingerprint density at radius 1 is 1.15 bits per heavy atom. The van der Waals surface area contributed by atoms with Crippen LogP contribution in [0, 0.1) is 0 Å². The van der Waals surface area contributed by atoms with Gasteiger partial charge in [0.1, 0.15) is 0 Å². The Morgan fingerprint density at radius 3 is 2.73 bits per heavy atom. The van der Waals surface area contributed by atoms with E-state index in [0.29, 0.717) is 28.3 Å². The second kappa shape index (κ2) is 6.57. The summed E-state index contributed by atoms with van der Waals surface area (Å²) in [5, 5.41) is 15.0. The highest BCUT2D eigenvalue weighted by atomic mass is 35.5. The Morgan fingerprint density at radius 2 is 2.00 bits per heavy atom. The van der Waals surface area contributed by atoms with Crippen LogP contribution in [0.3, 0.4) is 0 Å². The van der Waals surface area contributed by atoms with Crippen LogP contribution < -0.4 is 0 Å². The molecule has 4 rings (SSSR count). The third-order valence-electron chi connectivity index (χ3n) is 4.07. The van der Waals surface area contributed by atoms with E-state index in [-0.39, 0.29) is 5.56 Å². The fourth-order valence-corrected chi connectivity index (χ4v) is 2.99. The minimum atomic E-state index is -1.03. The van der Waals surface area contributed by atoms with Gasteiger partial charge in [-0.25, -0.2) is 14.5 Å². The monoisotopic (exact) mass is 364 g/mol. The predicted molar refractivity (Wildman–Crippen MR) is 98.3 cm³/mol. The van der Waals surface area contributed by atoms with Crippen molar-refractivity contribution in [2.24, 2.45) is 0 Å². The van der Waals surface area contributed by atoms with E-state index in [4.69, 9.17) is 11.6 Å². The maximum atomic E-state index is 11.7. The Labute approximate surface area is 153 Å². The molecule has 0 radical (unpaired) electrons. The van der Waals surface area contributed by atoms with Gasteiger partial charge in [0.2, 0.25) is 0 Å². The highest BCUT2D eigenvalue weighted by Gasteiger charge is 2.17. The van der Waals surface area contributed by atoms with Crippen molar-refractivity contribution in [2.45, 2.75) is 6.54 Å². The van der Waals surface area contributed by atoms with Gasteiger partial charge in [0.15, 0.2) is 5.65 Å². The van der Waals surface area contributed by atoms with Crippen LogP contribution in [-0.4, -0.2) is 30.8 Å². The van der Waals surface area contributed by atoms with Crippen LogP contribution in [0.1, 0.15) is 15.9 Å². The fourth-order valence-electron chi connectivity index (χ4n) is 2.79. The molecule has 1 N–H and O–H groups in total. The second-order valence-electron chi connectivity index (χ2n) is 5.73. The van der Waals surface area contributed by atoms with Gasteiger partial charge in [-0.15, -0.1) is 0 Å². The lowest BCUT2D eigenvalue weighted by Gasteiger charge is -2.08. The summed E-state index contributed by atoms with van der Waals surface area (Å²) in [7, 11) is 0. The molecule has 0 aliphatic heterocycles. The summed E-state index contributed by atoms with van der Waals surface area (Å²) in [6.45, 7) is 0.395. The van der Waals surface area contributed by atoms with Crippen molar-refractivity contribution in [3.05, 3.63) is 77.2 Å². The maximum Gasteiger partial charge on any atom is 0.336 e. The molecule has 0 spiro atoms. The van der Waals surface area contributed by atoms with E-state index in [0.717, 1.165) is 11.1 Å². The molecule has 0 bridgehead atoms. The first-order valence-electron chi connectivity index (χ1n) is 7.87. The fraction of sp³-hybridized carbons (Fsp3) is 0.0526. The lowest BCUT2D eigenvalue weighted by molar-refractivity contribution is 0.0699. The molecule has 6 nitrogen and oxygen atoms in total. The number of benzene rings is 1. The minimum Gasteiger partial charge on any atom is -0.478 e. The minimum absolute atomic E-state index is 0.152. The van der Waals surface area contributed by atoms with Gasteiger partial charge in [0, 0.05) is 23.0 Å². The summed E-state index contributed by atoms with van der Waals surface area (Å²) in [6.07, 6.45) is 4.83. The van der Waals surface area contributed by atoms with Crippen LogP contribution in [0.4, 0.5) is 0 Å². The number of aromatic nitrogens is 4. The van der Waals surface area contributed by atoms with E-state index in [1.165, 1.54) is 6.20 Å². The van der Waals surface area contributed by atoms with E-state index in [9.17, 15) is 9.90 Å². The molecular formula is C19H13ClN4O2. The molecule has 0 atom stereocenters. The number of rotatable bonds is 4. The molecule has 0 aliphatic rings. The molecule has 4 aromatic rings. The molecule has 3 heterocycles. The van der Waals surface area contributed by atoms with Crippen molar-refractivity contribution < 1.29 is 9.90 Å². The molecule has 1 aromatic carbocycles. The Balaban J connectivity index is 1.89. The largest absolute Gasteiger partial charge is 0.478 e. The first kappa shape index (κ1) is 16.2. The van der Waals surface area contributed by atoms with Crippen LogP contribution in [-0.2, 0) is 6.54 Å². The Kier molecular flexibility index (Phi) is 4.10. The maximum absolute atomic E-state index is 11.7. The highest BCUT2D eigenvalue weighted by Crippen LogP contribution is 2.25. The summed E-state index contributed by atoms with van der Waals surface area (Å²) in [4.78, 5) is 20.4. The van der Waals surface area contributed by atoms with Crippen LogP contribution in [0.25, 0.3) is 22.3 Å².